The van der Waals surface area contributed by atoms with Crippen LogP contribution in [0, 0.1) is 27.7 Å². The van der Waals surface area contributed by atoms with Gasteiger partial charge in [0.25, 0.3) is 26.0 Å². The van der Waals surface area contributed by atoms with Gasteiger partial charge in [0, 0.05) is 11.3 Å². The third-order valence-electron chi connectivity index (χ3n) is 6.22. The molecular formula is C29H29N3O5S2. The van der Waals surface area contributed by atoms with Gasteiger partial charge in [-0.05, 0) is 92.9 Å². The lowest BCUT2D eigenvalue weighted by molar-refractivity contribution is 0.102. The number of nitrogens with one attached hydrogen (secondary N) is 3. The second-order valence-electron chi connectivity index (χ2n) is 9.30. The summed E-state index contributed by atoms with van der Waals surface area (Å²) in [4.78, 5) is 13.1. The van der Waals surface area contributed by atoms with Crippen LogP contribution in [-0.4, -0.2) is 22.7 Å². The van der Waals surface area contributed by atoms with Gasteiger partial charge < -0.3 is 5.32 Å². The Bertz CT molecular complexity index is 1730. The van der Waals surface area contributed by atoms with Crippen molar-refractivity contribution in [1.82, 2.24) is 0 Å². The molecule has 202 valence electrons. The lowest BCUT2D eigenvalue weighted by atomic mass is 10.1. The van der Waals surface area contributed by atoms with E-state index in [1.165, 1.54) is 42.5 Å². The van der Waals surface area contributed by atoms with Crippen molar-refractivity contribution >= 4 is 43.0 Å². The summed E-state index contributed by atoms with van der Waals surface area (Å²) < 4.78 is 56.7. The first-order valence-electron chi connectivity index (χ1n) is 12.1. The molecule has 3 N–H and O–H groups in total. The monoisotopic (exact) mass is 563 g/mol. The van der Waals surface area contributed by atoms with E-state index in [4.69, 9.17) is 0 Å². The van der Waals surface area contributed by atoms with Crippen molar-refractivity contribution in [1.29, 1.82) is 0 Å². The zero-order valence-corrected chi connectivity index (χ0v) is 23.6. The number of benzene rings is 4. The van der Waals surface area contributed by atoms with Gasteiger partial charge in [-0.3, -0.25) is 14.2 Å². The number of rotatable bonds is 8. The van der Waals surface area contributed by atoms with E-state index in [2.05, 4.69) is 14.8 Å². The van der Waals surface area contributed by atoms with E-state index in [0.29, 0.717) is 16.9 Å². The summed E-state index contributed by atoms with van der Waals surface area (Å²) in [5, 5.41) is 2.72. The van der Waals surface area contributed by atoms with Crippen LogP contribution >= 0.6 is 0 Å². The van der Waals surface area contributed by atoms with Gasteiger partial charge in [0.1, 0.15) is 0 Å². The molecule has 10 heteroatoms. The van der Waals surface area contributed by atoms with Gasteiger partial charge in [-0.1, -0.05) is 42.0 Å². The van der Waals surface area contributed by atoms with Crippen molar-refractivity contribution in [2.24, 2.45) is 0 Å². The fraction of sp³-hybridized carbons (Fsp3) is 0.138. The number of carbonyl (C=O) groups excluding carboxylic acids is 1. The number of hydrogen-bond acceptors (Lipinski definition) is 5. The summed E-state index contributed by atoms with van der Waals surface area (Å²) in [7, 11) is -7.68. The van der Waals surface area contributed by atoms with Crippen LogP contribution in [-0.2, 0) is 20.0 Å². The molecule has 1 amide bonds. The number of sulfonamides is 2. The molecule has 0 fully saturated rings. The molecule has 4 aromatic rings. The summed E-state index contributed by atoms with van der Waals surface area (Å²) in [6.45, 7) is 7.26. The minimum Gasteiger partial charge on any atom is -0.322 e. The van der Waals surface area contributed by atoms with Gasteiger partial charge in [0.2, 0.25) is 0 Å². The van der Waals surface area contributed by atoms with Crippen LogP contribution in [0.4, 0.5) is 17.1 Å². The molecule has 0 aliphatic heterocycles. The standard InChI is InChI=1S/C29H29N3O5S2/c1-19-8-14-25(15-9-19)38(34,35)31-27-18-23(11-10-20(27)2)29(33)30-24-12-16-26(17-13-24)39(36,37)32-28-21(3)6-5-7-22(28)4/h5-18,31-32H,1-4H3,(H,30,33). The number of hydrogen-bond donors (Lipinski definition) is 3. The molecule has 0 atom stereocenters. The Labute approximate surface area is 229 Å². The van der Waals surface area contributed by atoms with E-state index in [1.807, 2.05) is 39.0 Å². The highest BCUT2D eigenvalue weighted by molar-refractivity contribution is 7.93. The van der Waals surface area contributed by atoms with Crippen molar-refractivity contribution in [3.63, 3.8) is 0 Å². The Hall–Kier alpha value is -4.15. The Morgan fingerprint density at radius 2 is 1.15 bits per heavy atom. The summed E-state index contributed by atoms with van der Waals surface area (Å²) in [6, 6.07) is 22.5. The first-order chi connectivity index (χ1) is 18.4. The fourth-order valence-corrected chi connectivity index (χ4v) is 6.21. The predicted octanol–water partition coefficient (Wildman–Crippen LogP) is 5.77. The summed E-state index contributed by atoms with van der Waals surface area (Å²) >= 11 is 0. The first-order valence-corrected chi connectivity index (χ1v) is 15.0. The van der Waals surface area contributed by atoms with E-state index in [0.717, 1.165) is 16.7 Å². The SMILES string of the molecule is Cc1ccc(S(=O)(=O)Nc2cc(C(=O)Nc3ccc(S(=O)(=O)Nc4c(C)cccc4C)cc3)ccc2C)cc1. The highest BCUT2D eigenvalue weighted by Crippen LogP contribution is 2.25. The molecule has 4 aromatic carbocycles. The van der Waals surface area contributed by atoms with Gasteiger partial charge in [-0.15, -0.1) is 0 Å². The zero-order valence-electron chi connectivity index (χ0n) is 21.9. The van der Waals surface area contributed by atoms with Gasteiger partial charge in [0.15, 0.2) is 0 Å². The van der Waals surface area contributed by atoms with Gasteiger partial charge in [-0.2, -0.15) is 0 Å². The lowest BCUT2D eigenvalue weighted by Crippen LogP contribution is -2.16. The largest absolute Gasteiger partial charge is 0.322 e. The van der Waals surface area contributed by atoms with E-state index < -0.39 is 26.0 Å². The number of para-hydroxylation sites is 1. The average Bonchev–Trinajstić information content (AvgIpc) is 2.88. The first kappa shape index (κ1) is 27.9. The summed E-state index contributed by atoms with van der Waals surface area (Å²) in [6.07, 6.45) is 0. The maximum atomic E-state index is 12.9. The highest BCUT2D eigenvalue weighted by Gasteiger charge is 2.18. The van der Waals surface area contributed by atoms with Gasteiger partial charge in [-0.25, -0.2) is 16.8 Å². The lowest BCUT2D eigenvalue weighted by Gasteiger charge is -2.14. The molecule has 0 unspecified atom stereocenters. The van der Waals surface area contributed by atoms with Gasteiger partial charge >= 0.3 is 0 Å². The molecule has 0 spiro atoms. The van der Waals surface area contributed by atoms with Crippen molar-refractivity contribution < 1.29 is 21.6 Å². The maximum Gasteiger partial charge on any atom is 0.261 e. The normalized spacial score (nSPS) is 11.6. The third kappa shape index (κ3) is 6.47. The molecule has 0 heterocycles. The Morgan fingerprint density at radius 1 is 0.615 bits per heavy atom. The van der Waals surface area contributed by atoms with Crippen LogP contribution in [0.2, 0.25) is 0 Å². The Kier molecular flexibility index (Phi) is 7.80. The molecular weight excluding hydrogens is 534 g/mol. The molecule has 0 aliphatic rings. The molecule has 0 saturated heterocycles. The molecule has 0 aliphatic carbocycles. The van der Waals surface area contributed by atoms with Crippen molar-refractivity contribution in [3.8, 4) is 0 Å². The van der Waals surface area contributed by atoms with E-state index >= 15 is 0 Å². The molecule has 0 radical (unpaired) electrons. The molecule has 0 bridgehead atoms. The molecule has 0 saturated carbocycles. The Balaban J connectivity index is 1.49. The summed E-state index contributed by atoms with van der Waals surface area (Å²) in [5.41, 5.74) is 4.62. The second kappa shape index (κ2) is 10.9. The molecule has 39 heavy (non-hydrogen) atoms. The van der Waals surface area contributed by atoms with Crippen LogP contribution in [0.3, 0.4) is 0 Å². The van der Waals surface area contributed by atoms with Crippen molar-refractivity contribution in [2.75, 3.05) is 14.8 Å². The average molecular weight is 564 g/mol. The highest BCUT2D eigenvalue weighted by atomic mass is 32.2. The van der Waals surface area contributed by atoms with Crippen molar-refractivity contribution in [3.05, 3.63) is 113 Å². The number of carbonyl (C=O) groups is 1. The quantitative estimate of drug-likeness (QED) is 0.251. The second-order valence-corrected chi connectivity index (χ2v) is 12.7. The van der Waals surface area contributed by atoms with Gasteiger partial charge in [0.05, 0.1) is 21.2 Å². The fourth-order valence-electron chi connectivity index (χ4n) is 3.88. The number of anilines is 3. The van der Waals surface area contributed by atoms with E-state index in [-0.39, 0.29) is 21.0 Å². The van der Waals surface area contributed by atoms with Crippen LogP contribution in [0.15, 0.2) is 94.7 Å². The predicted molar refractivity (Wildman–Crippen MR) is 154 cm³/mol. The minimum absolute atomic E-state index is 0.0475. The smallest absolute Gasteiger partial charge is 0.261 e. The number of amides is 1. The van der Waals surface area contributed by atoms with Crippen LogP contribution < -0.4 is 14.8 Å². The maximum absolute atomic E-state index is 12.9. The topological polar surface area (TPSA) is 121 Å². The Morgan fingerprint density at radius 3 is 1.74 bits per heavy atom. The van der Waals surface area contributed by atoms with E-state index in [9.17, 15) is 21.6 Å². The summed E-state index contributed by atoms with van der Waals surface area (Å²) in [5.74, 6) is -0.477. The van der Waals surface area contributed by atoms with Crippen LogP contribution in [0.1, 0.15) is 32.6 Å². The van der Waals surface area contributed by atoms with Crippen LogP contribution in [0.5, 0.6) is 0 Å². The van der Waals surface area contributed by atoms with Crippen LogP contribution in [0.25, 0.3) is 0 Å². The molecule has 0 aromatic heterocycles. The third-order valence-corrected chi connectivity index (χ3v) is 8.96. The molecule has 4 rings (SSSR count). The molecule has 8 nitrogen and oxygen atoms in total. The number of aryl methyl sites for hydroxylation is 4. The van der Waals surface area contributed by atoms with E-state index in [1.54, 1.807) is 31.2 Å². The zero-order chi connectivity index (χ0) is 28.4. The minimum atomic E-state index is -3.85. The van der Waals surface area contributed by atoms with Crippen molar-refractivity contribution in [2.45, 2.75) is 37.5 Å².